The lowest BCUT2D eigenvalue weighted by atomic mass is 10.1. The molecule has 7 heteroatoms. The zero-order chi connectivity index (χ0) is 15.7. The molecule has 0 radical (unpaired) electrons. The van der Waals surface area contributed by atoms with Crippen LogP contribution in [-0.4, -0.2) is 29.1 Å². The van der Waals surface area contributed by atoms with Crippen LogP contribution in [0.5, 0.6) is 0 Å². The molecule has 1 N–H and O–H groups in total. The molecule has 110 valence electrons. The summed E-state index contributed by atoms with van der Waals surface area (Å²) in [5.74, 6) is -1.70. The number of pyridine rings is 1. The van der Waals surface area contributed by atoms with E-state index in [9.17, 15) is 14.4 Å². The summed E-state index contributed by atoms with van der Waals surface area (Å²) in [6, 6.07) is 8.31. The third kappa shape index (κ3) is 2.62. The van der Waals surface area contributed by atoms with E-state index in [1.54, 1.807) is 36.5 Å². The van der Waals surface area contributed by atoms with E-state index in [2.05, 4.69) is 26.2 Å². The summed E-state index contributed by atoms with van der Waals surface area (Å²) < 4.78 is 0.703. The van der Waals surface area contributed by atoms with E-state index >= 15 is 0 Å². The molecule has 2 aromatic rings. The number of nitrogens with zero attached hydrogens (tertiary/aromatic N) is 2. The molecule has 0 atom stereocenters. The first-order valence-electron chi connectivity index (χ1n) is 6.42. The van der Waals surface area contributed by atoms with Gasteiger partial charge in [-0.25, -0.2) is 0 Å². The summed E-state index contributed by atoms with van der Waals surface area (Å²) in [5.41, 5.74) is 1.27. The average molecular weight is 360 g/mol. The topological polar surface area (TPSA) is 79.4 Å². The average Bonchev–Trinajstić information content (AvgIpc) is 2.73. The van der Waals surface area contributed by atoms with E-state index in [1.807, 2.05) is 0 Å². The van der Waals surface area contributed by atoms with Gasteiger partial charge in [0.15, 0.2) is 0 Å². The van der Waals surface area contributed by atoms with Gasteiger partial charge in [0.2, 0.25) is 5.91 Å². The van der Waals surface area contributed by atoms with Crippen LogP contribution in [0.15, 0.2) is 47.2 Å². The summed E-state index contributed by atoms with van der Waals surface area (Å²) >= 11 is 3.26. The van der Waals surface area contributed by atoms with E-state index < -0.39 is 17.6 Å². The zero-order valence-electron chi connectivity index (χ0n) is 11.2. The number of benzene rings is 1. The lowest BCUT2D eigenvalue weighted by molar-refractivity contribution is -0.118. The fourth-order valence-electron chi connectivity index (χ4n) is 2.21. The number of carbonyl (C=O) groups is 3. The molecule has 0 spiro atoms. The number of hydrogen-bond donors (Lipinski definition) is 1. The summed E-state index contributed by atoms with van der Waals surface area (Å²) in [7, 11) is 0. The van der Waals surface area contributed by atoms with Gasteiger partial charge in [-0.2, -0.15) is 0 Å². The van der Waals surface area contributed by atoms with Crippen molar-refractivity contribution in [2.24, 2.45) is 0 Å². The van der Waals surface area contributed by atoms with Gasteiger partial charge in [-0.1, -0.05) is 15.9 Å². The van der Waals surface area contributed by atoms with Crippen molar-refractivity contribution in [3.63, 3.8) is 0 Å². The molecule has 6 nitrogen and oxygen atoms in total. The maximum absolute atomic E-state index is 12.0. The van der Waals surface area contributed by atoms with Crippen LogP contribution >= 0.6 is 15.9 Å². The number of hydrogen-bond acceptors (Lipinski definition) is 4. The van der Waals surface area contributed by atoms with E-state index in [0.29, 0.717) is 21.4 Å². The van der Waals surface area contributed by atoms with Gasteiger partial charge in [-0.05, 0) is 30.3 Å². The van der Waals surface area contributed by atoms with E-state index in [4.69, 9.17) is 0 Å². The fraction of sp³-hybridized carbons (Fsp3) is 0.0667. The van der Waals surface area contributed by atoms with Gasteiger partial charge in [-0.15, -0.1) is 0 Å². The van der Waals surface area contributed by atoms with E-state index in [0.717, 1.165) is 0 Å². The monoisotopic (exact) mass is 359 g/mol. The minimum atomic E-state index is -0.700. The fourth-order valence-corrected chi connectivity index (χ4v) is 2.57. The molecule has 0 bridgehead atoms. The first kappa shape index (κ1) is 14.4. The third-order valence-electron chi connectivity index (χ3n) is 3.18. The highest BCUT2D eigenvalue weighted by Crippen LogP contribution is 2.31. The molecule has 0 saturated heterocycles. The van der Waals surface area contributed by atoms with E-state index in [1.165, 1.54) is 11.1 Å². The van der Waals surface area contributed by atoms with Crippen LogP contribution in [0.2, 0.25) is 0 Å². The predicted octanol–water partition coefficient (Wildman–Crippen LogP) is 2.01. The predicted molar refractivity (Wildman–Crippen MR) is 83.7 cm³/mol. The first-order valence-corrected chi connectivity index (χ1v) is 7.21. The second-order valence-electron chi connectivity index (χ2n) is 4.67. The molecule has 2 amide bonds. The summed E-state index contributed by atoms with van der Waals surface area (Å²) in [4.78, 5) is 41.1. The minimum absolute atomic E-state index is 0.228. The van der Waals surface area contributed by atoms with E-state index in [-0.39, 0.29) is 6.54 Å². The highest BCUT2D eigenvalue weighted by molar-refractivity contribution is 9.10. The number of nitrogens with one attached hydrogen (secondary N) is 1. The summed E-state index contributed by atoms with van der Waals surface area (Å²) in [6.07, 6.45) is 3.09. The summed E-state index contributed by atoms with van der Waals surface area (Å²) in [6.45, 7) is -0.228. The van der Waals surface area contributed by atoms with Crippen molar-refractivity contribution >= 4 is 44.9 Å². The molecule has 0 fully saturated rings. The molecule has 0 unspecified atom stereocenters. The molecule has 0 aliphatic carbocycles. The standard InChI is InChI=1S/C15H10BrN3O3/c16-9-3-4-12-11(6-9)14(21)15(22)19(12)8-13(20)18-10-2-1-5-17-7-10/h1-7H,8H2,(H,18,20). The molecule has 3 rings (SSSR count). The minimum Gasteiger partial charge on any atom is -0.323 e. The number of aromatic nitrogens is 1. The van der Waals surface area contributed by atoms with Crippen molar-refractivity contribution in [3.05, 3.63) is 52.8 Å². The van der Waals surface area contributed by atoms with Crippen LogP contribution in [0.25, 0.3) is 0 Å². The Morgan fingerprint density at radius 2 is 2.09 bits per heavy atom. The van der Waals surface area contributed by atoms with Crippen LogP contribution in [-0.2, 0) is 9.59 Å². The third-order valence-corrected chi connectivity index (χ3v) is 3.67. The van der Waals surface area contributed by atoms with Gasteiger partial charge in [0.05, 0.1) is 23.1 Å². The second-order valence-corrected chi connectivity index (χ2v) is 5.59. The first-order chi connectivity index (χ1) is 10.6. The smallest absolute Gasteiger partial charge is 0.299 e. The van der Waals surface area contributed by atoms with Crippen LogP contribution in [0.3, 0.4) is 0 Å². The Morgan fingerprint density at radius 1 is 1.27 bits per heavy atom. The van der Waals surface area contributed by atoms with Gasteiger partial charge in [0.25, 0.3) is 11.7 Å². The number of Topliss-reactive ketones (excluding diaryl/α,β-unsaturated/α-hetero) is 1. The van der Waals surface area contributed by atoms with Gasteiger partial charge in [0.1, 0.15) is 6.54 Å². The molecule has 1 aromatic carbocycles. The Kier molecular flexibility index (Phi) is 3.72. The van der Waals surface area contributed by atoms with Crippen LogP contribution < -0.4 is 10.2 Å². The molecule has 1 aliphatic heterocycles. The number of rotatable bonds is 3. The Hall–Kier alpha value is -2.54. The SMILES string of the molecule is O=C(CN1C(=O)C(=O)c2cc(Br)ccc21)Nc1cccnc1. The molecule has 1 aliphatic rings. The zero-order valence-corrected chi connectivity index (χ0v) is 12.8. The Bertz CT molecular complexity index is 777. The Labute approximate surface area is 134 Å². The number of anilines is 2. The van der Waals surface area contributed by atoms with Crippen molar-refractivity contribution in [2.75, 3.05) is 16.8 Å². The highest BCUT2D eigenvalue weighted by Gasteiger charge is 2.36. The van der Waals surface area contributed by atoms with Crippen molar-refractivity contribution < 1.29 is 14.4 Å². The van der Waals surface area contributed by atoms with Gasteiger partial charge >= 0.3 is 0 Å². The second kappa shape index (κ2) is 5.69. The number of fused-ring (bicyclic) bond motifs is 1. The molecular formula is C15H10BrN3O3. The van der Waals surface area contributed by atoms with Crippen LogP contribution in [0, 0.1) is 0 Å². The summed E-state index contributed by atoms with van der Waals surface area (Å²) in [5, 5.41) is 2.63. The van der Waals surface area contributed by atoms with Crippen molar-refractivity contribution in [2.45, 2.75) is 0 Å². The largest absolute Gasteiger partial charge is 0.323 e. The molecule has 2 heterocycles. The van der Waals surface area contributed by atoms with Crippen LogP contribution in [0.1, 0.15) is 10.4 Å². The number of amides is 2. The maximum atomic E-state index is 12.0. The normalized spacial score (nSPS) is 13.2. The van der Waals surface area contributed by atoms with Gasteiger partial charge < -0.3 is 5.32 Å². The molecular weight excluding hydrogens is 350 g/mol. The van der Waals surface area contributed by atoms with Crippen molar-refractivity contribution in [1.82, 2.24) is 4.98 Å². The molecule has 0 saturated carbocycles. The quantitative estimate of drug-likeness (QED) is 0.850. The van der Waals surface area contributed by atoms with Gasteiger partial charge in [0, 0.05) is 10.7 Å². The van der Waals surface area contributed by atoms with Crippen molar-refractivity contribution in [3.8, 4) is 0 Å². The number of ketones is 1. The lowest BCUT2D eigenvalue weighted by Gasteiger charge is -2.16. The lowest BCUT2D eigenvalue weighted by Crippen LogP contribution is -2.37. The van der Waals surface area contributed by atoms with Gasteiger partial charge in [-0.3, -0.25) is 24.3 Å². The van der Waals surface area contributed by atoms with Crippen LogP contribution in [0.4, 0.5) is 11.4 Å². The molecule has 22 heavy (non-hydrogen) atoms. The van der Waals surface area contributed by atoms with Crippen molar-refractivity contribution in [1.29, 1.82) is 0 Å². The maximum Gasteiger partial charge on any atom is 0.299 e. The Balaban J connectivity index is 1.80. The number of halogens is 1. The Morgan fingerprint density at radius 3 is 2.82 bits per heavy atom. The highest BCUT2D eigenvalue weighted by atomic mass is 79.9. The number of carbonyl (C=O) groups excluding carboxylic acids is 3. The molecule has 1 aromatic heterocycles.